The molecule has 0 aliphatic heterocycles. The van der Waals surface area contributed by atoms with Gasteiger partial charge in [0.15, 0.2) is 0 Å². The Kier molecular flexibility index (Phi) is 4.31. The molecule has 1 aromatic heterocycles. The van der Waals surface area contributed by atoms with Crippen molar-refractivity contribution < 1.29 is 4.79 Å². The quantitative estimate of drug-likeness (QED) is 0.912. The molecular formula is C16H19N3OS. The van der Waals surface area contributed by atoms with Crippen molar-refractivity contribution in [2.75, 3.05) is 11.9 Å². The SMILES string of the molecule is NCCc1nc(C(=O)Nc2cccc3c2CCCC3)cs1. The number of hydrogen-bond donors (Lipinski definition) is 2. The van der Waals surface area contributed by atoms with Gasteiger partial charge < -0.3 is 11.1 Å². The zero-order valence-electron chi connectivity index (χ0n) is 11.9. The number of nitrogens with one attached hydrogen (secondary N) is 1. The highest BCUT2D eigenvalue weighted by molar-refractivity contribution is 7.09. The summed E-state index contributed by atoms with van der Waals surface area (Å²) in [6.07, 6.45) is 5.30. The molecule has 21 heavy (non-hydrogen) atoms. The zero-order valence-corrected chi connectivity index (χ0v) is 12.7. The summed E-state index contributed by atoms with van der Waals surface area (Å²) in [5, 5.41) is 5.73. The molecule has 1 heterocycles. The molecule has 0 saturated heterocycles. The Balaban J connectivity index is 1.78. The maximum Gasteiger partial charge on any atom is 0.275 e. The molecule has 0 radical (unpaired) electrons. The second kappa shape index (κ2) is 6.37. The van der Waals surface area contributed by atoms with E-state index in [1.165, 1.54) is 35.3 Å². The fourth-order valence-electron chi connectivity index (χ4n) is 2.74. The summed E-state index contributed by atoms with van der Waals surface area (Å²) in [6.45, 7) is 0.556. The van der Waals surface area contributed by atoms with Crippen LogP contribution in [0.25, 0.3) is 0 Å². The van der Waals surface area contributed by atoms with E-state index in [0.717, 1.165) is 30.0 Å². The third-order valence-corrected chi connectivity index (χ3v) is 4.70. The number of carbonyl (C=O) groups is 1. The van der Waals surface area contributed by atoms with Gasteiger partial charge in [-0.15, -0.1) is 11.3 Å². The molecule has 0 unspecified atom stereocenters. The van der Waals surface area contributed by atoms with Crippen molar-refractivity contribution >= 4 is 22.9 Å². The Morgan fingerprint density at radius 1 is 1.33 bits per heavy atom. The fraction of sp³-hybridized carbons (Fsp3) is 0.375. The van der Waals surface area contributed by atoms with Gasteiger partial charge in [0, 0.05) is 17.5 Å². The van der Waals surface area contributed by atoms with E-state index >= 15 is 0 Å². The van der Waals surface area contributed by atoms with Gasteiger partial charge in [-0.2, -0.15) is 0 Å². The van der Waals surface area contributed by atoms with Gasteiger partial charge >= 0.3 is 0 Å². The molecule has 1 aliphatic rings. The van der Waals surface area contributed by atoms with Crippen molar-refractivity contribution in [2.45, 2.75) is 32.1 Å². The Hall–Kier alpha value is -1.72. The van der Waals surface area contributed by atoms with Crippen LogP contribution in [0, 0.1) is 0 Å². The summed E-state index contributed by atoms with van der Waals surface area (Å²) in [4.78, 5) is 16.7. The summed E-state index contributed by atoms with van der Waals surface area (Å²) in [5.74, 6) is -0.131. The molecule has 0 atom stereocenters. The Morgan fingerprint density at radius 3 is 3.05 bits per heavy atom. The molecule has 3 rings (SSSR count). The molecule has 110 valence electrons. The van der Waals surface area contributed by atoms with Crippen molar-refractivity contribution in [3.05, 3.63) is 45.4 Å². The number of nitrogens with zero attached hydrogens (tertiary/aromatic N) is 1. The number of benzene rings is 1. The maximum absolute atomic E-state index is 12.3. The first-order valence-electron chi connectivity index (χ1n) is 7.34. The number of hydrogen-bond acceptors (Lipinski definition) is 4. The number of thiazole rings is 1. The van der Waals surface area contributed by atoms with Gasteiger partial charge in [-0.05, 0) is 49.4 Å². The Morgan fingerprint density at radius 2 is 2.19 bits per heavy atom. The van der Waals surface area contributed by atoms with Crippen LogP contribution < -0.4 is 11.1 Å². The van der Waals surface area contributed by atoms with Crippen molar-refractivity contribution in [1.29, 1.82) is 0 Å². The van der Waals surface area contributed by atoms with E-state index in [0.29, 0.717) is 12.2 Å². The monoisotopic (exact) mass is 301 g/mol. The molecule has 2 aromatic rings. The van der Waals surface area contributed by atoms with E-state index in [1.807, 2.05) is 12.1 Å². The molecule has 5 heteroatoms. The normalized spacial score (nSPS) is 13.8. The smallest absolute Gasteiger partial charge is 0.275 e. The number of rotatable bonds is 4. The van der Waals surface area contributed by atoms with E-state index in [2.05, 4.69) is 16.4 Å². The molecule has 0 spiro atoms. The van der Waals surface area contributed by atoms with Gasteiger partial charge in [0.2, 0.25) is 0 Å². The van der Waals surface area contributed by atoms with Crippen LogP contribution in [-0.2, 0) is 19.3 Å². The number of aryl methyl sites for hydroxylation is 1. The first kappa shape index (κ1) is 14.2. The molecular weight excluding hydrogens is 282 g/mol. The van der Waals surface area contributed by atoms with E-state index in [4.69, 9.17) is 5.73 Å². The van der Waals surface area contributed by atoms with Gasteiger partial charge in [-0.3, -0.25) is 4.79 Å². The third-order valence-electron chi connectivity index (χ3n) is 3.79. The first-order valence-corrected chi connectivity index (χ1v) is 8.22. The van der Waals surface area contributed by atoms with Crippen molar-refractivity contribution in [2.24, 2.45) is 5.73 Å². The van der Waals surface area contributed by atoms with Crippen LogP contribution in [0.4, 0.5) is 5.69 Å². The topological polar surface area (TPSA) is 68.0 Å². The summed E-state index contributed by atoms with van der Waals surface area (Å²) < 4.78 is 0. The van der Waals surface area contributed by atoms with Gasteiger partial charge in [-0.25, -0.2) is 4.98 Å². The number of fused-ring (bicyclic) bond motifs is 1. The van der Waals surface area contributed by atoms with Crippen LogP contribution in [0.2, 0.25) is 0 Å². The molecule has 1 aromatic carbocycles. The van der Waals surface area contributed by atoms with Crippen LogP contribution in [0.15, 0.2) is 23.6 Å². The summed E-state index contributed by atoms with van der Waals surface area (Å²) in [7, 11) is 0. The van der Waals surface area contributed by atoms with E-state index in [-0.39, 0.29) is 5.91 Å². The van der Waals surface area contributed by atoms with Crippen LogP contribution in [-0.4, -0.2) is 17.4 Å². The van der Waals surface area contributed by atoms with E-state index in [9.17, 15) is 4.79 Å². The van der Waals surface area contributed by atoms with E-state index < -0.39 is 0 Å². The fourth-order valence-corrected chi connectivity index (χ4v) is 3.53. The lowest BCUT2D eigenvalue weighted by Gasteiger charge is -2.19. The second-order valence-electron chi connectivity index (χ2n) is 5.27. The lowest BCUT2D eigenvalue weighted by Crippen LogP contribution is -2.16. The van der Waals surface area contributed by atoms with Gasteiger partial charge in [-0.1, -0.05) is 12.1 Å². The van der Waals surface area contributed by atoms with Gasteiger partial charge in [0.05, 0.1) is 5.01 Å². The predicted molar refractivity (Wildman–Crippen MR) is 85.9 cm³/mol. The van der Waals surface area contributed by atoms with Crippen LogP contribution in [0.1, 0.15) is 39.5 Å². The van der Waals surface area contributed by atoms with Crippen LogP contribution in [0.5, 0.6) is 0 Å². The first-order chi connectivity index (χ1) is 10.3. The summed E-state index contributed by atoms with van der Waals surface area (Å²) in [6, 6.07) is 6.15. The molecule has 4 nitrogen and oxygen atoms in total. The molecule has 0 saturated carbocycles. The lowest BCUT2D eigenvalue weighted by molar-refractivity contribution is 0.102. The molecule has 1 aliphatic carbocycles. The van der Waals surface area contributed by atoms with E-state index in [1.54, 1.807) is 5.38 Å². The standard InChI is InChI=1S/C16H19N3OS/c17-9-8-15-18-14(10-21-15)16(20)19-13-7-3-5-11-4-1-2-6-12(11)13/h3,5,7,10H,1-2,4,6,8-9,17H2,(H,19,20). The average molecular weight is 301 g/mol. The molecule has 0 bridgehead atoms. The molecule has 0 fully saturated rings. The number of anilines is 1. The minimum Gasteiger partial charge on any atom is -0.330 e. The zero-order chi connectivity index (χ0) is 14.7. The third kappa shape index (κ3) is 3.14. The van der Waals surface area contributed by atoms with Crippen LogP contribution in [0.3, 0.4) is 0 Å². The number of carbonyl (C=O) groups excluding carboxylic acids is 1. The number of aromatic nitrogens is 1. The van der Waals surface area contributed by atoms with Crippen molar-refractivity contribution in [1.82, 2.24) is 4.98 Å². The summed E-state index contributed by atoms with van der Waals surface area (Å²) in [5.41, 5.74) is 9.58. The minimum absolute atomic E-state index is 0.131. The minimum atomic E-state index is -0.131. The highest BCUT2D eigenvalue weighted by atomic mass is 32.1. The molecule has 3 N–H and O–H groups in total. The number of amides is 1. The highest BCUT2D eigenvalue weighted by Crippen LogP contribution is 2.28. The summed E-state index contributed by atoms with van der Waals surface area (Å²) >= 11 is 1.49. The molecule has 1 amide bonds. The van der Waals surface area contributed by atoms with Gasteiger partial charge in [0.1, 0.15) is 5.69 Å². The van der Waals surface area contributed by atoms with Crippen LogP contribution >= 0.6 is 11.3 Å². The maximum atomic E-state index is 12.3. The Labute approximate surface area is 128 Å². The second-order valence-corrected chi connectivity index (χ2v) is 6.21. The highest BCUT2D eigenvalue weighted by Gasteiger charge is 2.16. The largest absolute Gasteiger partial charge is 0.330 e. The van der Waals surface area contributed by atoms with Crippen molar-refractivity contribution in [3.63, 3.8) is 0 Å². The average Bonchev–Trinajstić information content (AvgIpc) is 2.97. The van der Waals surface area contributed by atoms with Gasteiger partial charge in [0.25, 0.3) is 5.91 Å². The van der Waals surface area contributed by atoms with Crippen molar-refractivity contribution in [3.8, 4) is 0 Å². The number of nitrogens with two attached hydrogens (primary N) is 1. The lowest BCUT2D eigenvalue weighted by atomic mass is 9.90. The Bertz CT molecular complexity index is 651. The predicted octanol–water partition coefficient (Wildman–Crippen LogP) is 2.78.